The van der Waals surface area contributed by atoms with Crippen LogP contribution in [0, 0.1) is 19.3 Å². The Labute approximate surface area is 151 Å². The maximum atomic E-state index is 12.7. The van der Waals surface area contributed by atoms with Crippen LogP contribution in [0.25, 0.3) is 10.2 Å². The van der Waals surface area contributed by atoms with E-state index in [4.69, 9.17) is 5.73 Å². The van der Waals surface area contributed by atoms with Crippen LogP contribution in [0.1, 0.15) is 37.1 Å². The number of carbonyl (C=O) groups is 1. The van der Waals surface area contributed by atoms with Crippen molar-refractivity contribution in [3.8, 4) is 0 Å². The van der Waals surface area contributed by atoms with E-state index in [9.17, 15) is 9.59 Å². The second-order valence-electron chi connectivity index (χ2n) is 7.66. The van der Waals surface area contributed by atoms with Crippen LogP contribution in [-0.4, -0.2) is 39.5 Å². The molecule has 1 fully saturated rings. The van der Waals surface area contributed by atoms with Gasteiger partial charge in [-0.3, -0.25) is 14.2 Å². The lowest BCUT2D eigenvalue weighted by atomic mass is 9.79. The second kappa shape index (κ2) is 6.53. The highest BCUT2D eigenvalue weighted by atomic mass is 32.1. The molecule has 1 aliphatic heterocycles. The number of thiophene rings is 1. The van der Waals surface area contributed by atoms with Crippen LogP contribution in [0.4, 0.5) is 0 Å². The molecule has 0 saturated carbocycles. The zero-order valence-electron chi connectivity index (χ0n) is 15.3. The van der Waals surface area contributed by atoms with Crippen molar-refractivity contribution in [1.82, 2.24) is 14.5 Å². The van der Waals surface area contributed by atoms with Crippen LogP contribution < -0.4 is 11.3 Å². The number of aryl methyl sites for hydroxylation is 3. The Hall–Kier alpha value is -1.73. The largest absolute Gasteiger partial charge is 0.342 e. The first-order valence-electron chi connectivity index (χ1n) is 8.69. The number of nitrogens with zero attached hydrogens (tertiary/aromatic N) is 3. The molecule has 25 heavy (non-hydrogen) atoms. The van der Waals surface area contributed by atoms with Crippen LogP contribution in [0.3, 0.4) is 0 Å². The Balaban J connectivity index is 1.73. The monoisotopic (exact) mass is 362 g/mol. The van der Waals surface area contributed by atoms with Gasteiger partial charge in [0.2, 0.25) is 5.91 Å². The summed E-state index contributed by atoms with van der Waals surface area (Å²) in [6, 6.07) is 0.121. The van der Waals surface area contributed by atoms with Gasteiger partial charge in [0.15, 0.2) is 0 Å². The van der Waals surface area contributed by atoms with E-state index in [-0.39, 0.29) is 22.9 Å². The van der Waals surface area contributed by atoms with Gasteiger partial charge in [-0.2, -0.15) is 0 Å². The van der Waals surface area contributed by atoms with Crippen LogP contribution in [0.15, 0.2) is 11.1 Å². The lowest BCUT2D eigenvalue weighted by Gasteiger charge is -2.42. The van der Waals surface area contributed by atoms with Crippen molar-refractivity contribution in [2.45, 2.75) is 53.1 Å². The quantitative estimate of drug-likeness (QED) is 0.906. The minimum atomic E-state index is -0.0729. The predicted molar refractivity (Wildman–Crippen MR) is 101 cm³/mol. The molecule has 0 aromatic carbocycles. The molecule has 3 rings (SSSR count). The van der Waals surface area contributed by atoms with E-state index in [1.807, 2.05) is 18.7 Å². The summed E-state index contributed by atoms with van der Waals surface area (Å²) in [7, 11) is 0. The Kier molecular flexibility index (Phi) is 4.72. The van der Waals surface area contributed by atoms with E-state index >= 15 is 0 Å². The first-order chi connectivity index (χ1) is 11.7. The molecule has 3 heterocycles. The molecular weight excluding hydrogens is 336 g/mol. The molecule has 2 N–H and O–H groups in total. The number of hydrogen-bond donors (Lipinski definition) is 1. The van der Waals surface area contributed by atoms with Gasteiger partial charge in [-0.1, -0.05) is 13.8 Å². The smallest absolute Gasteiger partial charge is 0.262 e. The van der Waals surface area contributed by atoms with Gasteiger partial charge >= 0.3 is 0 Å². The molecule has 2 aromatic heterocycles. The van der Waals surface area contributed by atoms with E-state index in [0.717, 1.165) is 21.7 Å². The number of piperidine rings is 1. The first-order valence-corrected chi connectivity index (χ1v) is 9.51. The molecule has 136 valence electrons. The maximum absolute atomic E-state index is 12.7. The van der Waals surface area contributed by atoms with Gasteiger partial charge in [0.1, 0.15) is 4.83 Å². The number of hydrogen-bond acceptors (Lipinski definition) is 5. The van der Waals surface area contributed by atoms with Crippen LogP contribution >= 0.6 is 11.3 Å². The molecule has 1 amide bonds. The minimum Gasteiger partial charge on any atom is -0.342 e. The molecule has 1 atom stereocenters. The normalized spacial score (nSPS) is 20.2. The molecule has 7 heteroatoms. The summed E-state index contributed by atoms with van der Waals surface area (Å²) in [6.07, 6.45) is 2.68. The summed E-state index contributed by atoms with van der Waals surface area (Å²) in [5.74, 6) is 0.0743. The fraction of sp³-hybridized carbons (Fsp3) is 0.611. The Bertz CT molecular complexity index is 868. The highest BCUT2D eigenvalue weighted by Gasteiger charge is 2.35. The van der Waals surface area contributed by atoms with Gasteiger partial charge in [0, 0.05) is 37.0 Å². The van der Waals surface area contributed by atoms with Crippen molar-refractivity contribution >= 4 is 27.5 Å². The van der Waals surface area contributed by atoms with Crippen molar-refractivity contribution in [3.05, 3.63) is 27.1 Å². The molecule has 0 spiro atoms. The molecular formula is C18H26N4O2S. The number of carbonyl (C=O) groups excluding carboxylic acids is 1. The van der Waals surface area contributed by atoms with Gasteiger partial charge in [-0.15, -0.1) is 11.3 Å². The third kappa shape index (κ3) is 3.35. The van der Waals surface area contributed by atoms with Crippen LogP contribution in [-0.2, 0) is 11.3 Å². The number of aromatic nitrogens is 2. The van der Waals surface area contributed by atoms with Gasteiger partial charge in [-0.05, 0) is 31.2 Å². The molecule has 0 aliphatic carbocycles. The SMILES string of the molecule is Cc1sc2ncn(CCC(=O)N3CCC(N)C(C)(C)C3)c(=O)c2c1C. The van der Waals surface area contributed by atoms with Gasteiger partial charge < -0.3 is 10.6 Å². The lowest BCUT2D eigenvalue weighted by Crippen LogP contribution is -2.54. The first kappa shape index (κ1) is 18.1. The molecule has 0 radical (unpaired) electrons. The van der Waals surface area contributed by atoms with Crippen molar-refractivity contribution in [2.75, 3.05) is 13.1 Å². The fourth-order valence-corrected chi connectivity index (χ4v) is 4.38. The second-order valence-corrected chi connectivity index (χ2v) is 8.86. The molecule has 1 saturated heterocycles. The molecule has 1 aliphatic rings. The maximum Gasteiger partial charge on any atom is 0.262 e. The Morgan fingerprint density at radius 2 is 2.16 bits per heavy atom. The Morgan fingerprint density at radius 3 is 2.84 bits per heavy atom. The van der Waals surface area contributed by atoms with E-state index in [1.165, 1.54) is 11.3 Å². The molecule has 6 nitrogen and oxygen atoms in total. The summed E-state index contributed by atoms with van der Waals surface area (Å²) in [6.45, 7) is 9.87. The zero-order valence-corrected chi connectivity index (χ0v) is 16.2. The molecule has 2 aromatic rings. The summed E-state index contributed by atoms with van der Waals surface area (Å²) in [5, 5.41) is 0.683. The summed E-state index contributed by atoms with van der Waals surface area (Å²) in [4.78, 5) is 33.4. The van der Waals surface area contributed by atoms with E-state index in [0.29, 0.717) is 31.4 Å². The number of fused-ring (bicyclic) bond motifs is 1. The number of likely N-dealkylation sites (tertiary alicyclic amines) is 1. The molecule has 0 bridgehead atoms. The third-order valence-electron chi connectivity index (χ3n) is 5.39. The van der Waals surface area contributed by atoms with E-state index in [1.54, 1.807) is 10.9 Å². The summed E-state index contributed by atoms with van der Waals surface area (Å²) in [5.41, 5.74) is 7.00. The summed E-state index contributed by atoms with van der Waals surface area (Å²) >= 11 is 1.54. The van der Waals surface area contributed by atoms with Crippen LogP contribution in [0.2, 0.25) is 0 Å². The van der Waals surface area contributed by atoms with Crippen LogP contribution in [0.5, 0.6) is 0 Å². The van der Waals surface area contributed by atoms with Gasteiger partial charge in [0.25, 0.3) is 5.56 Å². The average Bonchev–Trinajstić information content (AvgIpc) is 2.84. The average molecular weight is 362 g/mol. The zero-order chi connectivity index (χ0) is 18.4. The number of amides is 1. The molecule has 1 unspecified atom stereocenters. The van der Waals surface area contributed by atoms with E-state index < -0.39 is 0 Å². The number of nitrogens with two attached hydrogens (primary N) is 1. The highest BCUT2D eigenvalue weighted by Crippen LogP contribution is 2.28. The highest BCUT2D eigenvalue weighted by molar-refractivity contribution is 7.18. The van der Waals surface area contributed by atoms with Crippen molar-refractivity contribution < 1.29 is 4.79 Å². The fourth-order valence-electron chi connectivity index (χ4n) is 3.39. The number of rotatable bonds is 3. The van der Waals surface area contributed by atoms with Crippen molar-refractivity contribution in [1.29, 1.82) is 0 Å². The predicted octanol–water partition coefficient (Wildman–Crippen LogP) is 2.05. The topological polar surface area (TPSA) is 81.2 Å². The summed E-state index contributed by atoms with van der Waals surface area (Å²) < 4.78 is 1.56. The van der Waals surface area contributed by atoms with Gasteiger partial charge in [0.05, 0.1) is 11.7 Å². The van der Waals surface area contributed by atoms with Crippen molar-refractivity contribution in [3.63, 3.8) is 0 Å². The Morgan fingerprint density at radius 1 is 1.44 bits per heavy atom. The standard InChI is InChI=1S/C18H26N4O2S/c1-11-12(2)25-16-15(11)17(24)22(10-20-16)8-6-14(23)21-7-5-13(19)18(3,4)9-21/h10,13H,5-9,19H2,1-4H3. The van der Waals surface area contributed by atoms with Crippen molar-refractivity contribution in [2.24, 2.45) is 11.1 Å². The lowest BCUT2D eigenvalue weighted by molar-refractivity contribution is -0.134. The minimum absolute atomic E-state index is 0.0550. The van der Waals surface area contributed by atoms with E-state index in [2.05, 4.69) is 18.8 Å². The van der Waals surface area contributed by atoms with Gasteiger partial charge in [-0.25, -0.2) is 4.98 Å². The third-order valence-corrected chi connectivity index (χ3v) is 6.50.